The van der Waals surface area contributed by atoms with E-state index in [0.717, 1.165) is 0 Å². The van der Waals surface area contributed by atoms with Crippen molar-refractivity contribution in [3.63, 3.8) is 0 Å². The highest BCUT2D eigenvalue weighted by Gasteiger charge is 2.18. The summed E-state index contributed by atoms with van der Waals surface area (Å²) in [6.07, 6.45) is 0. The van der Waals surface area contributed by atoms with Gasteiger partial charge in [0.1, 0.15) is 11.8 Å². The highest BCUT2D eigenvalue weighted by molar-refractivity contribution is 8.07. The number of nitrogens with zero attached hydrogens (tertiary/aromatic N) is 1. The van der Waals surface area contributed by atoms with Gasteiger partial charge < -0.3 is 13.6 Å². The molecule has 0 heterocycles. The van der Waals surface area contributed by atoms with Crippen LogP contribution in [0.3, 0.4) is 0 Å². The molecule has 1 rings (SSSR count). The van der Waals surface area contributed by atoms with Gasteiger partial charge in [0.05, 0.1) is 10.6 Å². The highest BCUT2D eigenvalue weighted by atomic mass is 35.5. The van der Waals surface area contributed by atoms with Gasteiger partial charge >= 0.3 is 6.72 Å². The second-order valence-electron chi connectivity index (χ2n) is 2.66. The average Bonchev–Trinajstić information content (AvgIpc) is 2.29. The Morgan fingerprint density at radius 2 is 2.00 bits per heavy atom. The first-order valence-electron chi connectivity index (χ1n) is 4.15. The van der Waals surface area contributed by atoms with Crippen LogP contribution in [0.4, 0.5) is 0 Å². The predicted molar refractivity (Wildman–Crippen MR) is 65.1 cm³/mol. The van der Waals surface area contributed by atoms with Crippen LogP contribution in [0.1, 0.15) is 5.56 Å². The number of hydrogen-bond acceptors (Lipinski definition) is 5. The summed E-state index contributed by atoms with van der Waals surface area (Å²) in [5, 5.41) is 9.00. The average molecular weight is 278 g/mol. The summed E-state index contributed by atoms with van der Waals surface area (Å²) in [6.45, 7) is -2.75. The van der Waals surface area contributed by atoms with E-state index in [1.807, 2.05) is 6.07 Å². The van der Waals surface area contributed by atoms with Crippen molar-refractivity contribution in [1.82, 2.24) is 0 Å². The predicted octanol–water partition coefficient (Wildman–Crippen LogP) is 3.11. The number of rotatable bonds is 4. The van der Waals surface area contributed by atoms with Crippen LogP contribution in [-0.4, -0.2) is 14.2 Å². The molecule has 0 amide bonds. The zero-order chi connectivity index (χ0) is 12.2. The van der Waals surface area contributed by atoms with E-state index in [4.69, 9.17) is 42.2 Å². The van der Waals surface area contributed by atoms with Gasteiger partial charge in [0.25, 0.3) is 0 Å². The molecule has 0 saturated carbocycles. The monoisotopic (exact) mass is 277 g/mol. The molecule has 0 atom stereocenters. The second kappa shape index (κ2) is 5.62. The van der Waals surface area contributed by atoms with Gasteiger partial charge in [-0.25, -0.2) is 0 Å². The summed E-state index contributed by atoms with van der Waals surface area (Å²) in [5.41, 5.74) is 0.372. The number of halogens is 1. The third kappa shape index (κ3) is 3.18. The Labute approximate surface area is 104 Å². The maximum Gasteiger partial charge on any atom is 0.380 e. The highest BCUT2D eigenvalue weighted by Crippen LogP contribution is 2.48. The van der Waals surface area contributed by atoms with Crippen LogP contribution >= 0.6 is 18.3 Å². The summed E-state index contributed by atoms with van der Waals surface area (Å²) in [5.74, 6) is 0.413. The van der Waals surface area contributed by atoms with Gasteiger partial charge in [-0.2, -0.15) is 5.26 Å². The minimum Gasteiger partial charge on any atom is -0.424 e. The lowest BCUT2D eigenvalue weighted by atomic mass is 10.2. The second-order valence-corrected chi connectivity index (χ2v) is 6.21. The molecule has 0 aliphatic rings. The molecule has 0 spiro atoms. The van der Waals surface area contributed by atoms with Crippen LogP contribution in [0.5, 0.6) is 5.75 Å². The van der Waals surface area contributed by atoms with Crippen LogP contribution in [-0.2, 0) is 20.9 Å². The molecule has 1 aromatic rings. The molecule has 0 aliphatic carbocycles. The first-order valence-corrected chi connectivity index (χ1v) is 7.09. The number of hydrogen-bond donors (Lipinski definition) is 0. The Morgan fingerprint density at radius 1 is 1.38 bits per heavy atom. The lowest BCUT2D eigenvalue weighted by Crippen LogP contribution is -1.96. The molecule has 0 saturated heterocycles. The molecule has 0 fully saturated rings. The molecule has 0 N–H and O–H groups in total. The van der Waals surface area contributed by atoms with E-state index in [2.05, 4.69) is 0 Å². The summed E-state index contributed by atoms with van der Waals surface area (Å²) < 4.78 is 15.3. The quantitative estimate of drug-likeness (QED) is 0.792. The van der Waals surface area contributed by atoms with Crippen LogP contribution in [0, 0.1) is 11.3 Å². The Hall–Kier alpha value is -0.630. The Morgan fingerprint density at radius 3 is 2.44 bits per heavy atom. The van der Waals surface area contributed by atoms with Gasteiger partial charge in [-0.1, -0.05) is 11.6 Å². The van der Waals surface area contributed by atoms with Gasteiger partial charge in [0, 0.05) is 32.1 Å². The van der Waals surface area contributed by atoms with Crippen LogP contribution in [0.2, 0.25) is 5.02 Å². The van der Waals surface area contributed by atoms with Crippen molar-refractivity contribution < 1.29 is 13.6 Å². The van der Waals surface area contributed by atoms with Crippen molar-refractivity contribution in [2.24, 2.45) is 0 Å². The van der Waals surface area contributed by atoms with E-state index in [0.29, 0.717) is 16.3 Å². The van der Waals surface area contributed by atoms with Gasteiger partial charge in [-0.15, -0.1) is 0 Å². The molecular weight excluding hydrogens is 269 g/mol. The van der Waals surface area contributed by atoms with Crippen LogP contribution < -0.4 is 4.52 Å². The van der Waals surface area contributed by atoms with Crippen molar-refractivity contribution in [3.8, 4) is 11.8 Å². The smallest absolute Gasteiger partial charge is 0.380 e. The van der Waals surface area contributed by atoms with Gasteiger partial charge in [-0.3, -0.25) is 0 Å². The minimum atomic E-state index is -2.75. The van der Waals surface area contributed by atoms with Crippen molar-refractivity contribution in [2.45, 2.75) is 0 Å². The molecule has 0 unspecified atom stereocenters. The Bertz CT molecular complexity index is 466. The molecule has 16 heavy (non-hydrogen) atoms. The van der Waals surface area contributed by atoms with Gasteiger partial charge in [-0.05, 0) is 12.1 Å². The molecule has 1 aromatic carbocycles. The zero-order valence-electron chi connectivity index (χ0n) is 8.64. The first kappa shape index (κ1) is 13.4. The summed E-state index contributed by atoms with van der Waals surface area (Å²) in [7, 11) is 2.82. The molecule has 7 heteroatoms. The molecule has 0 radical (unpaired) electrons. The van der Waals surface area contributed by atoms with Crippen molar-refractivity contribution >= 4 is 30.1 Å². The maximum atomic E-state index is 8.70. The van der Waals surface area contributed by atoms with E-state index in [9.17, 15) is 0 Å². The summed E-state index contributed by atoms with van der Waals surface area (Å²) in [6, 6.07) is 6.58. The zero-order valence-corrected chi connectivity index (χ0v) is 11.1. The molecule has 0 bridgehead atoms. The molecular formula is C9H9ClNO3PS. The normalized spacial score (nSPS) is 10.9. The number of nitriles is 1. The Balaban J connectivity index is 2.96. The lowest BCUT2D eigenvalue weighted by Gasteiger charge is -2.18. The fourth-order valence-electron chi connectivity index (χ4n) is 0.921. The summed E-state index contributed by atoms with van der Waals surface area (Å²) in [4.78, 5) is 0. The van der Waals surface area contributed by atoms with E-state index < -0.39 is 6.72 Å². The van der Waals surface area contributed by atoms with E-state index >= 15 is 0 Å². The molecule has 0 aliphatic heterocycles. The minimum absolute atomic E-state index is 0.300. The first-order chi connectivity index (χ1) is 7.54. The van der Waals surface area contributed by atoms with Gasteiger partial charge in [0.2, 0.25) is 0 Å². The molecule has 4 nitrogen and oxygen atoms in total. The largest absolute Gasteiger partial charge is 0.424 e. The maximum absolute atomic E-state index is 8.70. The topological polar surface area (TPSA) is 51.5 Å². The van der Waals surface area contributed by atoms with Crippen molar-refractivity contribution in [1.29, 1.82) is 5.26 Å². The fourth-order valence-corrected chi connectivity index (χ4v) is 2.06. The Kier molecular flexibility index (Phi) is 4.72. The third-order valence-corrected chi connectivity index (χ3v) is 4.49. The van der Waals surface area contributed by atoms with Gasteiger partial charge in [0.15, 0.2) is 0 Å². The van der Waals surface area contributed by atoms with E-state index in [1.165, 1.54) is 20.3 Å². The van der Waals surface area contributed by atoms with Crippen LogP contribution in [0.15, 0.2) is 18.2 Å². The molecule has 0 aromatic heterocycles. The van der Waals surface area contributed by atoms with E-state index in [1.54, 1.807) is 12.1 Å². The SMILES string of the molecule is COP(=S)(OC)Oc1ccc(C#N)c(Cl)c1. The molecule has 86 valence electrons. The van der Waals surface area contributed by atoms with Crippen molar-refractivity contribution in [3.05, 3.63) is 28.8 Å². The van der Waals surface area contributed by atoms with Crippen LogP contribution in [0.25, 0.3) is 0 Å². The standard InChI is InChI=1S/C9H9ClNO3PS/c1-12-15(16,13-2)14-8-4-3-7(6-11)9(10)5-8/h3-5H,1-2H3. The van der Waals surface area contributed by atoms with E-state index in [-0.39, 0.29) is 0 Å². The number of benzene rings is 1. The third-order valence-electron chi connectivity index (χ3n) is 1.73. The summed E-state index contributed by atoms with van der Waals surface area (Å²) >= 11 is 10.9. The fraction of sp³-hybridized carbons (Fsp3) is 0.222. The van der Waals surface area contributed by atoms with Crippen molar-refractivity contribution in [2.75, 3.05) is 14.2 Å². The lowest BCUT2D eigenvalue weighted by molar-refractivity contribution is 0.273.